The van der Waals surface area contributed by atoms with Gasteiger partial charge in [0.05, 0.1) is 50.5 Å². The number of benzene rings is 4. The van der Waals surface area contributed by atoms with Gasteiger partial charge in [-0.15, -0.1) is 0 Å². The van der Waals surface area contributed by atoms with Gasteiger partial charge in [0, 0.05) is 56.0 Å². The van der Waals surface area contributed by atoms with Crippen molar-refractivity contribution in [1.82, 2.24) is 26.2 Å². The zero-order chi connectivity index (χ0) is 69.2. The summed E-state index contributed by atoms with van der Waals surface area (Å²) in [5.41, 5.74) is 0.534. The molecule has 4 aromatic rings. The molecule has 2 fully saturated rings. The molecule has 2 saturated heterocycles. The Morgan fingerprint density at radius 2 is 0.842 bits per heavy atom. The molecule has 518 valence electrons. The molecule has 0 saturated carbocycles. The van der Waals surface area contributed by atoms with Crippen molar-refractivity contribution in [2.24, 2.45) is 47.3 Å². The van der Waals surface area contributed by atoms with E-state index in [2.05, 4.69) is 21.3 Å². The largest absolute Gasteiger partial charge is 0.382 e. The lowest BCUT2D eigenvalue weighted by molar-refractivity contribution is -0.143. The monoisotopic (exact) mass is 1310 g/mol. The zero-order valence-corrected chi connectivity index (χ0v) is 58.2. The Labute approximate surface area is 565 Å². The predicted molar refractivity (Wildman–Crippen MR) is 370 cm³/mol. The van der Waals surface area contributed by atoms with E-state index in [9.17, 15) is 43.5 Å². The average molecular weight is 1310 g/mol. The molecule has 2 aliphatic rings. The number of epoxide rings is 1. The fourth-order valence-electron chi connectivity index (χ4n) is 12.8. The molecular formula is C78H109N5O12. The second-order valence-electron chi connectivity index (χ2n) is 29.0. The van der Waals surface area contributed by atoms with Crippen LogP contribution >= 0.6 is 0 Å². The van der Waals surface area contributed by atoms with Gasteiger partial charge in [0.2, 0.25) is 23.6 Å². The molecule has 1 unspecified atom stereocenters. The normalized spacial score (nSPS) is 18.1. The smallest absolute Gasteiger partial charge is 0.224 e. The first kappa shape index (κ1) is 77.0. The summed E-state index contributed by atoms with van der Waals surface area (Å²) in [5, 5.41) is 24.5. The van der Waals surface area contributed by atoms with E-state index in [4.69, 9.17) is 9.47 Å². The van der Waals surface area contributed by atoms with E-state index in [1.807, 2.05) is 182 Å². The number of aryl methyl sites for hydroxylation is 2. The van der Waals surface area contributed by atoms with E-state index in [1.54, 1.807) is 6.92 Å². The summed E-state index contributed by atoms with van der Waals surface area (Å²) in [4.78, 5) is 133. The third-order valence-electron chi connectivity index (χ3n) is 18.4. The fourth-order valence-corrected chi connectivity index (χ4v) is 12.8. The summed E-state index contributed by atoms with van der Waals surface area (Å²) < 4.78 is 11.0. The minimum atomic E-state index is -2.07. The zero-order valence-electron chi connectivity index (χ0n) is 58.2. The molecule has 10 atom stereocenters. The lowest BCUT2D eigenvalue weighted by atomic mass is 9.82. The molecule has 0 aliphatic carbocycles. The topological polar surface area (TPSA) is 247 Å². The van der Waals surface area contributed by atoms with Gasteiger partial charge in [-0.05, 0) is 137 Å². The van der Waals surface area contributed by atoms with Gasteiger partial charge in [0.15, 0.2) is 23.1 Å². The summed E-state index contributed by atoms with van der Waals surface area (Å²) in [6.07, 6.45) is 2.45. The molecule has 4 aromatic carbocycles. The Morgan fingerprint density at radius 3 is 1.26 bits per heavy atom. The van der Waals surface area contributed by atoms with Crippen LogP contribution in [0.25, 0.3) is 0 Å². The number of carbonyl (C=O) groups is 9. The number of aliphatic hydroxyl groups is 1. The van der Waals surface area contributed by atoms with Gasteiger partial charge < -0.3 is 35.8 Å². The molecule has 0 radical (unpaired) electrons. The van der Waals surface area contributed by atoms with E-state index < -0.39 is 88.5 Å². The Hall–Kier alpha value is -7.05. The highest BCUT2D eigenvalue weighted by Crippen LogP contribution is 2.31. The van der Waals surface area contributed by atoms with Crippen molar-refractivity contribution in [2.75, 3.05) is 39.5 Å². The minimum Gasteiger partial charge on any atom is -0.382 e. The van der Waals surface area contributed by atoms with Crippen LogP contribution in [-0.4, -0.2) is 137 Å². The number of ether oxygens (including phenoxy) is 2. The molecule has 2 aliphatic heterocycles. The van der Waals surface area contributed by atoms with Crippen LogP contribution in [-0.2, 0) is 78.3 Å². The Morgan fingerprint density at radius 1 is 0.484 bits per heavy atom. The first-order valence-electron chi connectivity index (χ1n) is 34.9. The van der Waals surface area contributed by atoms with Gasteiger partial charge in [0.25, 0.3) is 0 Å². The van der Waals surface area contributed by atoms with Crippen LogP contribution in [0.1, 0.15) is 162 Å². The number of morpholine rings is 1. The Balaban J connectivity index is 1.20. The number of nitrogens with one attached hydrogen (secondary N) is 4. The van der Waals surface area contributed by atoms with Gasteiger partial charge in [0.1, 0.15) is 17.0 Å². The molecular weight excluding hydrogens is 1200 g/mol. The fraction of sp³-hybridized carbons (Fsp3) is 0.577. The number of carbonyl (C=O) groups excluding carboxylic acids is 9. The van der Waals surface area contributed by atoms with E-state index in [0.717, 1.165) is 22.3 Å². The van der Waals surface area contributed by atoms with Gasteiger partial charge in [-0.1, -0.05) is 177 Å². The van der Waals surface area contributed by atoms with Crippen LogP contribution in [0.2, 0.25) is 0 Å². The van der Waals surface area contributed by atoms with Gasteiger partial charge in [-0.3, -0.25) is 48.1 Å². The highest BCUT2D eigenvalue weighted by atomic mass is 16.6. The molecule has 4 amide bonds. The van der Waals surface area contributed by atoms with Crippen molar-refractivity contribution in [3.63, 3.8) is 0 Å². The second kappa shape index (κ2) is 38.0. The molecule has 0 spiro atoms. The molecule has 0 aromatic heterocycles. The molecule has 17 nitrogen and oxygen atoms in total. The third kappa shape index (κ3) is 26.5. The highest BCUT2D eigenvalue weighted by Gasteiger charge is 2.50. The molecule has 6 rings (SSSR count). The summed E-state index contributed by atoms with van der Waals surface area (Å²) in [7, 11) is 0. The SMILES string of the molecule is CC(C)CC(NC(=O)[C@@H](CC(=O)[C@H](CC(C)C)NC(=O)[C@H](CCc1ccccc1)CC[C@@](C)(O)C(=O)[C@H](CC(C)C)NC(=O)[C@@H](CC(=O)[C@H](CC(C)C)NC(=O)[C@H](CCc1ccccc1)CC(=O)CN1CCOCC1)Cc1ccccc1)Cc1ccccc1)C(=O)[C@@]1(C)CO1. The lowest BCUT2D eigenvalue weighted by Gasteiger charge is -2.31. The van der Waals surface area contributed by atoms with Crippen molar-refractivity contribution in [2.45, 2.75) is 201 Å². The second-order valence-corrected chi connectivity index (χ2v) is 29.0. The van der Waals surface area contributed by atoms with Crippen molar-refractivity contribution in [3.05, 3.63) is 144 Å². The van der Waals surface area contributed by atoms with Crippen molar-refractivity contribution in [1.29, 1.82) is 0 Å². The molecule has 95 heavy (non-hydrogen) atoms. The summed E-state index contributed by atoms with van der Waals surface area (Å²) >= 11 is 0. The number of amides is 4. The maximum absolute atomic E-state index is 15.0. The third-order valence-corrected chi connectivity index (χ3v) is 18.4. The van der Waals surface area contributed by atoms with Crippen molar-refractivity contribution < 1.29 is 57.7 Å². The van der Waals surface area contributed by atoms with Crippen LogP contribution in [0.15, 0.2) is 121 Å². The summed E-state index contributed by atoms with van der Waals surface area (Å²) in [5.74, 6) is -7.09. The standard InChI is InChI=1S/C78H109N5O12/c1-52(2)41-65(69(85)49-63(46-59-29-21-14-22-30-59)76(92)82-68(44-55(7)8)72(88)78(10)51-95-78)79-73(89)60(33-31-56-23-15-11-16-24-56)35-36-77(9,93)71(87)67(43-54(5)6)81-75(91)62(45-58-27-19-13-20-28-58)48-70(86)66(42-53(3)4)80-74(90)61(34-32-57-25-17-12-18-26-57)47-64(84)50-83-37-39-94-40-38-83/h11-30,52-55,60-63,65-68,93H,31-51H2,1-10H3,(H,79,89)(H,80,90)(H,81,91)(H,82,92)/t60-,61-,62-,63-,65+,66+,67+,68?,77-,78-/m1/s1. The maximum atomic E-state index is 15.0. The minimum absolute atomic E-state index is 0.00489. The molecule has 2 heterocycles. The van der Waals surface area contributed by atoms with E-state index in [0.29, 0.717) is 58.4 Å². The maximum Gasteiger partial charge on any atom is 0.224 e. The van der Waals surface area contributed by atoms with Crippen LogP contribution in [0.5, 0.6) is 0 Å². The first-order valence-corrected chi connectivity index (χ1v) is 34.9. The van der Waals surface area contributed by atoms with Gasteiger partial charge in [-0.25, -0.2) is 0 Å². The van der Waals surface area contributed by atoms with E-state index in [-0.39, 0.29) is 124 Å². The number of rotatable bonds is 43. The summed E-state index contributed by atoms with van der Waals surface area (Å²) in [6.45, 7) is 21.4. The predicted octanol–water partition coefficient (Wildman–Crippen LogP) is 9.99. The van der Waals surface area contributed by atoms with Crippen LogP contribution in [0.4, 0.5) is 0 Å². The van der Waals surface area contributed by atoms with Gasteiger partial charge in [-0.2, -0.15) is 0 Å². The lowest BCUT2D eigenvalue weighted by Crippen LogP contribution is -2.53. The van der Waals surface area contributed by atoms with Crippen molar-refractivity contribution in [3.8, 4) is 0 Å². The first-order chi connectivity index (χ1) is 45.2. The molecule has 5 N–H and O–H groups in total. The number of hydrogen-bond donors (Lipinski definition) is 5. The summed E-state index contributed by atoms with van der Waals surface area (Å²) in [6, 6.07) is 34.0. The molecule has 17 heteroatoms. The Kier molecular flexibility index (Phi) is 30.8. The number of Topliss-reactive ketones (excluding diaryl/α,β-unsaturated/α-hetero) is 5. The Bertz CT molecular complexity index is 3090. The quantitative estimate of drug-likeness (QED) is 0.0259. The van der Waals surface area contributed by atoms with E-state index >= 15 is 4.79 Å². The average Bonchev–Trinajstić information content (AvgIpc) is 1.67. The van der Waals surface area contributed by atoms with Crippen LogP contribution < -0.4 is 21.3 Å². The van der Waals surface area contributed by atoms with Crippen LogP contribution in [0.3, 0.4) is 0 Å². The van der Waals surface area contributed by atoms with Gasteiger partial charge >= 0.3 is 0 Å². The number of hydrogen-bond acceptors (Lipinski definition) is 13. The number of nitrogens with zero attached hydrogens (tertiary/aromatic N) is 1. The van der Waals surface area contributed by atoms with E-state index in [1.165, 1.54) is 6.92 Å². The van der Waals surface area contributed by atoms with Crippen molar-refractivity contribution >= 4 is 52.5 Å². The molecule has 0 bridgehead atoms. The van der Waals surface area contributed by atoms with Crippen LogP contribution in [0, 0.1) is 47.3 Å². The number of ketones is 5. The highest BCUT2D eigenvalue weighted by molar-refractivity contribution is 5.99.